The molecule has 5 heterocycles. The number of nitriles is 1. The Morgan fingerprint density at radius 3 is 2.26 bits per heavy atom. The lowest BCUT2D eigenvalue weighted by atomic mass is 9.92. The standard InChI is InChI=1S/C47H50N8O6/c48-29-32-5-15-41(38-2-1-20-49-43(32)38)61-36-11-6-33(7-12-36)50-44(57)31-3-8-34(9-4-31)53-22-18-30(19-23-53)17-21-52-24-26-54(27-25-52)35-10-13-37-39(28-35)47(60)55(46(37)59)40-14-16-42(56)51-45(40)58/h1-5,8-10,13,15,20,28,30,33,36,40H,6-7,11-12,14,16-19,21-27H2,(H,50,57)(H,51,56,58). The normalized spacial score (nSPS) is 22.5. The van der Waals surface area contributed by atoms with Crippen molar-refractivity contribution in [3.8, 4) is 11.8 Å². The number of nitrogens with one attached hydrogen (secondary N) is 2. The van der Waals surface area contributed by atoms with Gasteiger partial charge in [-0.25, -0.2) is 0 Å². The molecule has 0 bridgehead atoms. The molecule has 5 amide bonds. The molecule has 314 valence electrons. The number of rotatable bonds is 10. The molecule has 3 saturated heterocycles. The fourth-order valence-electron chi connectivity index (χ4n) is 9.67. The number of fused-ring (bicyclic) bond motifs is 2. The molecule has 4 aromatic rings. The molecular formula is C47H50N8O6. The van der Waals surface area contributed by atoms with Gasteiger partial charge in [0, 0.05) is 80.3 Å². The molecule has 1 saturated carbocycles. The van der Waals surface area contributed by atoms with Gasteiger partial charge in [-0.1, -0.05) is 0 Å². The van der Waals surface area contributed by atoms with Crippen LogP contribution in [0.5, 0.6) is 5.75 Å². The van der Waals surface area contributed by atoms with Gasteiger partial charge in [0.05, 0.1) is 28.3 Å². The highest BCUT2D eigenvalue weighted by atomic mass is 16.5. The maximum Gasteiger partial charge on any atom is 0.262 e. The van der Waals surface area contributed by atoms with Gasteiger partial charge >= 0.3 is 0 Å². The van der Waals surface area contributed by atoms with E-state index in [0.29, 0.717) is 33.7 Å². The van der Waals surface area contributed by atoms with Crippen LogP contribution >= 0.6 is 0 Å². The monoisotopic (exact) mass is 822 g/mol. The van der Waals surface area contributed by atoms with Crippen LogP contribution in [0.15, 0.2) is 72.9 Å². The fraction of sp³-hybridized carbons (Fsp3) is 0.426. The number of amides is 5. The third-order valence-corrected chi connectivity index (χ3v) is 13.3. The summed E-state index contributed by atoms with van der Waals surface area (Å²) in [5, 5.41) is 15.8. The average molecular weight is 823 g/mol. The summed E-state index contributed by atoms with van der Waals surface area (Å²) in [6.45, 7) is 6.48. The van der Waals surface area contributed by atoms with Crippen molar-refractivity contribution in [1.82, 2.24) is 25.4 Å². The van der Waals surface area contributed by atoms with Gasteiger partial charge in [-0.3, -0.25) is 44.1 Å². The van der Waals surface area contributed by atoms with Crippen molar-refractivity contribution >= 4 is 51.8 Å². The molecule has 14 nitrogen and oxygen atoms in total. The van der Waals surface area contributed by atoms with Crippen molar-refractivity contribution in [3.63, 3.8) is 0 Å². The number of nitrogens with zero attached hydrogens (tertiary/aromatic N) is 6. The van der Waals surface area contributed by atoms with Crippen molar-refractivity contribution < 1.29 is 28.7 Å². The molecule has 4 aliphatic heterocycles. The first kappa shape index (κ1) is 40.1. The number of piperazine rings is 1. The minimum Gasteiger partial charge on any atom is -0.490 e. The Balaban J connectivity index is 0.684. The Labute approximate surface area is 354 Å². The Morgan fingerprint density at radius 1 is 0.803 bits per heavy atom. The fourth-order valence-corrected chi connectivity index (χ4v) is 9.67. The third kappa shape index (κ3) is 8.39. The topological polar surface area (TPSA) is 168 Å². The molecule has 0 spiro atoms. The first-order valence-corrected chi connectivity index (χ1v) is 21.7. The molecule has 1 unspecified atom stereocenters. The molecule has 14 heteroatoms. The highest BCUT2D eigenvalue weighted by molar-refractivity contribution is 6.23. The first-order valence-electron chi connectivity index (χ1n) is 21.7. The molecule has 4 fully saturated rings. The van der Waals surface area contributed by atoms with E-state index in [-0.39, 0.29) is 36.8 Å². The quantitative estimate of drug-likeness (QED) is 0.205. The SMILES string of the molecule is N#Cc1ccc(OC2CCC(NC(=O)c3ccc(N4CCC(CCN5CCN(c6ccc7c(c6)C(=O)N(C6CCC(=O)NC6=O)C7=O)CC5)CC4)cc3)CC2)c2cccnc12. The summed E-state index contributed by atoms with van der Waals surface area (Å²) in [5.41, 5.74) is 4.51. The molecule has 1 atom stereocenters. The van der Waals surface area contributed by atoms with Crippen LogP contribution in [-0.2, 0) is 9.59 Å². The van der Waals surface area contributed by atoms with E-state index >= 15 is 0 Å². The number of benzene rings is 3. The number of carbonyl (C=O) groups excluding carboxylic acids is 5. The summed E-state index contributed by atoms with van der Waals surface area (Å²) in [6, 6.07) is 22.1. The second-order valence-corrected chi connectivity index (χ2v) is 17.0. The van der Waals surface area contributed by atoms with E-state index in [2.05, 4.69) is 48.5 Å². The predicted molar refractivity (Wildman–Crippen MR) is 228 cm³/mol. The van der Waals surface area contributed by atoms with Crippen LogP contribution < -0.4 is 25.2 Å². The minimum absolute atomic E-state index is 0.0427. The number of carbonyl (C=O) groups is 5. The van der Waals surface area contributed by atoms with Crippen LogP contribution in [0.3, 0.4) is 0 Å². The zero-order chi connectivity index (χ0) is 42.0. The Kier molecular flexibility index (Phi) is 11.4. The van der Waals surface area contributed by atoms with Crippen LogP contribution in [0.2, 0.25) is 0 Å². The van der Waals surface area contributed by atoms with Gasteiger partial charge < -0.3 is 19.9 Å². The summed E-state index contributed by atoms with van der Waals surface area (Å²) in [7, 11) is 0. The third-order valence-electron chi connectivity index (χ3n) is 13.3. The number of piperidine rings is 2. The second kappa shape index (κ2) is 17.3. The van der Waals surface area contributed by atoms with E-state index in [0.717, 1.165) is 118 Å². The maximum atomic E-state index is 13.3. The van der Waals surface area contributed by atoms with E-state index in [9.17, 15) is 29.2 Å². The lowest BCUT2D eigenvalue weighted by Crippen LogP contribution is -2.54. The van der Waals surface area contributed by atoms with Gasteiger partial charge in [0.2, 0.25) is 11.8 Å². The van der Waals surface area contributed by atoms with Gasteiger partial charge in [-0.2, -0.15) is 5.26 Å². The van der Waals surface area contributed by atoms with Gasteiger partial charge in [0.25, 0.3) is 17.7 Å². The maximum absolute atomic E-state index is 13.3. The highest BCUT2D eigenvalue weighted by Gasteiger charge is 2.45. The van der Waals surface area contributed by atoms with E-state index in [1.165, 1.54) is 0 Å². The number of imide groups is 2. The van der Waals surface area contributed by atoms with Crippen LogP contribution in [0.4, 0.5) is 11.4 Å². The van der Waals surface area contributed by atoms with Crippen molar-refractivity contribution in [2.24, 2.45) is 5.92 Å². The minimum atomic E-state index is -0.968. The predicted octanol–water partition coefficient (Wildman–Crippen LogP) is 5.06. The van der Waals surface area contributed by atoms with Gasteiger partial charge in [-0.05, 0) is 131 Å². The number of hydrogen-bond acceptors (Lipinski definition) is 11. The molecule has 5 aliphatic rings. The summed E-state index contributed by atoms with van der Waals surface area (Å²) < 4.78 is 6.38. The van der Waals surface area contributed by atoms with Crippen molar-refractivity contribution in [3.05, 3.63) is 95.2 Å². The number of pyridine rings is 1. The van der Waals surface area contributed by atoms with Gasteiger partial charge in [0.1, 0.15) is 17.9 Å². The van der Waals surface area contributed by atoms with E-state index in [1.807, 2.05) is 36.4 Å². The van der Waals surface area contributed by atoms with Crippen LogP contribution in [0.1, 0.15) is 94.4 Å². The second-order valence-electron chi connectivity index (χ2n) is 17.0. The Hall–Kier alpha value is -6.33. The van der Waals surface area contributed by atoms with E-state index < -0.39 is 23.8 Å². The molecule has 61 heavy (non-hydrogen) atoms. The highest BCUT2D eigenvalue weighted by Crippen LogP contribution is 2.33. The van der Waals surface area contributed by atoms with Crippen LogP contribution in [-0.4, -0.2) is 108 Å². The zero-order valence-electron chi connectivity index (χ0n) is 34.2. The van der Waals surface area contributed by atoms with Crippen LogP contribution in [0.25, 0.3) is 10.9 Å². The first-order chi connectivity index (χ1) is 29.7. The van der Waals surface area contributed by atoms with Crippen molar-refractivity contribution in [2.45, 2.75) is 76.0 Å². The summed E-state index contributed by atoms with van der Waals surface area (Å²) in [6.07, 6.45) is 8.72. The lowest BCUT2D eigenvalue weighted by Gasteiger charge is -2.38. The molecule has 2 N–H and O–H groups in total. The molecule has 3 aromatic carbocycles. The molecule has 1 aromatic heterocycles. The van der Waals surface area contributed by atoms with Crippen molar-refractivity contribution in [2.75, 3.05) is 55.6 Å². The molecule has 0 radical (unpaired) electrons. The number of aromatic nitrogens is 1. The van der Waals surface area contributed by atoms with Gasteiger partial charge in [0.15, 0.2) is 0 Å². The smallest absolute Gasteiger partial charge is 0.262 e. The molecular weight excluding hydrogens is 773 g/mol. The number of hydrogen-bond donors (Lipinski definition) is 2. The largest absolute Gasteiger partial charge is 0.490 e. The van der Waals surface area contributed by atoms with Crippen molar-refractivity contribution in [1.29, 1.82) is 5.26 Å². The van der Waals surface area contributed by atoms with Crippen LogP contribution in [0, 0.1) is 17.2 Å². The molecule has 9 rings (SSSR count). The number of ether oxygens (including phenoxy) is 1. The van der Waals surface area contributed by atoms with E-state index in [4.69, 9.17) is 4.74 Å². The summed E-state index contributed by atoms with van der Waals surface area (Å²) in [5.74, 6) is -0.598. The van der Waals surface area contributed by atoms with Gasteiger partial charge in [-0.15, -0.1) is 0 Å². The Morgan fingerprint density at radius 2 is 1.52 bits per heavy atom. The van der Waals surface area contributed by atoms with E-state index in [1.54, 1.807) is 24.4 Å². The number of anilines is 2. The summed E-state index contributed by atoms with van der Waals surface area (Å²) in [4.78, 5) is 76.3. The summed E-state index contributed by atoms with van der Waals surface area (Å²) >= 11 is 0. The average Bonchev–Trinajstić information content (AvgIpc) is 3.54. The molecule has 1 aliphatic carbocycles. The zero-order valence-corrected chi connectivity index (χ0v) is 34.2. The Bertz CT molecular complexity index is 2390. The lowest BCUT2D eigenvalue weighted by molar-refractivity contribution is -0.136.